The predicted molar refractivity (Wildman–Crippen MR) is 65.1 cm³/mol. The lowest BCUT2D eigenvalue weighted by atomic mass is 9.76. The Morgan fingerprint density at radius 1 is 1.40 bits per heavy atom. The highest BCUT2D eigenvalue weighted by Crippen LogP contribution is 2.36. The molecule has 0 aliphatic heterocycles. The number of fused-ring (bicyclic) bond motifs is 1. The van der Waals surface area contributed by atoms with Crippen molar-refractivity contribution in [1.82, 2.24) is 0 Å². The number of nitrogens with two attached hydrogens (primary N) is 1. The van der Waals surface area contributed by atoms with Gasteiger partial charge in [0.2, 0.25) is 0 Å². The van der Waals surface area contributed by atoms with Crippen molar-refractivity contribution in [2.45, 2.75) is 39.0 Å². The maximum absolute atomic E-state index is 5.70. The number of hydrogen-bond acceptors (Lipinski definition) is 1. The maximum atomic E-state index is 5.70. The lowest BCUT2D eigenvalue weighted by molar-refractivity contribution is 0.418. The molecule has 2 rings (SSSR count). The van der Waals surface area contributed by atoms with Gasteiger partial charge in [-0.05, 0) is 55.7 Å². The summed E-state index contributed by atoms with van der Waals surface area (Å²) in [6.07, 6.45) is 3.70. The average molecular weight is 203 g/mol. The van der Waals surface area contributed by atoms with Crippen LogP contribution in [-0.4, -0.2) is 6.54 Å². The molecule has 1 aromatic rings. The molecule has 1 aromatic carbocycles. The van der Waals surface area contributed by atoms with Crippen molar-refractivity contribution in [3.63, 3.8) is 0 Å². The van der Waals surface area contributed by atoms with Gasteiger partial charge in [-0.25, -0.2) is 0 Å². The van der Waals surface area contributed by atoms with Gasteiger partial charge >= 0.3 is 0 Å². The lowest BCUT2D eigenvalue weighted by Crippen LogP contribution is -2.19. The lowest BCUT2D eigenvalue weighted by Gasteiger charge is -2.30. The second-order valence-electron chi connectivity index (χ2n) is 5.02. The minimum Gasteiger partial charge on any atom is -0.330 e. The van der Waals surface area contributed by atoms with Crippen LogP contribution in [-0.2, 0) is 6.42 Å². The number of hydrogen-bond donors (Lipinski definition) is 1. The summed E-state index contributed by atoms with van der Waals surface area (Å²) in [5.41, 5.74) is 10.2. The minimum absolute atomic E-state index is 0.702. The Kier molecular flexibility index (Phi) is 3.11. The first-order valence-electron chi connectivity index (χ1n) is 6.00. The van der Waals surface area contributed by atoms with Crippen LogP contribution in [0.2, 0.25) is 0 Å². The third kappa shape index (κ3) is 2.23. The van der Waals surface area contributed by atoms with E-state index in [1.54, 1.807) is 11.1 Å². The van der Waals surface area contributed by atoms with E-state index < -0.39 is 0 Å². The summed E-state index contributed by atoms with van der Waals surface area (Å²) in [6.45, 7) is 5.34. The molecule has 2 atom stereocenters. The Bertz CT molecular complexity index is 343. The van der Waals surface area contributed by atoms with Crippen LogP contribution in [0.3, 0.4) is 0 Å². The van der Waals surface area contributed by atoms with Crippen LogP contribution in [0, 0.1) is 12.8 Å². The predicted octanol–water partition coefficient (Wildman–Crippen LogP) is 3.01. The van der Waals surface area contributed by atoms with Crippen LogP contribution in [0.4, 0.5) is 0 Å². The summed E-state index contributed by atoms with van der Waals surface area (Å²) in [5, 5.41) is 0. The second kappa shape index (κ2) is 4.36. The van der Waals surface area contributed by atoms with Crippen LogP contribution in [0.25, 0.3) is 0 Å². The number of rotatable bonds is 2. The average Bonchev–Trinajstić information content (AvgIpc) is 2.19. The molecule has 0 saturated heterocycles. The zero-order valence-corrected chi connectivity index (χ0v) is 9.79. The van der Waals surface area contributed by atoms with E-state index in [9.17, 15) is 0 Å². The first-order chi connectivity index (χ1) is 7.20. The zero-order chi connectivity index (χ0) is 10.8. The van der Waals surface area contributed by atoms with Gasteiger partial charge in [0, 0.05) is 0 Å². The van der Waals surface area contributed by atoms with E-state index in [0.29, 0.717) is 5.92 Å². The van der Waals surface area contributed by atoms with Gasteiger partial charge in [-0.2, -0.15) is 0 Å². The van der Waals surface area contributed by atoms with Crippen LogP contribution in [0.15, 0.2) is 18.2 Å². The topological polar surface area (TPSA) is 26.0 Å². The van der Waals surface area contributed by atoms with E-state index in [0.717, 1.165) is 18.9 Å². The fourth-order valence-electron chi connectivity index (χ4n) is 2.83. The highest BCUT2D eigenvalue weighted by atomic mass is 14.5. The van der Waals surface area contributed by atoms with Crippen LogP contribution in [0.1, 0.15) is 42.4 Å². The number of benzene rings is 1. The number of aryl methyl sites for hydroxylation is 1. The van der Waals surface area contributed by atoms with E-state index >= 15 is 0 Å². The molecular weight excluding hydrogens is 182 g/mol. The van der Waals surface area contributed by atoms with Crippen molar-refractivity contribution in [2.24, 2.45) is 11.7 Å². The Labute approximate surface area is 92.7 Å². The molecule has 0 radical (unpaired) electrons. The summed E-state index contributed by atoms with van der Waals surface area (Å²) < 4.78 is 0. The van der Waals surface area contributed by atoms with Gasteiger partial charge in [0.15, 0.2) is 0 Å². The molecule has 2 N–H and O–H groups in total. The molecule has 15 heavy (non-hydrogen) atoms. The molecule has 0 fully saturated rings. The third-order valence-electron chi connectivity index (χ3n) is 3.51. The van der Waals surface area contributed by atoms with Crippen molar-refractivity contribution >= 4 is 0 Å². The molecule has 0 aromatic heterocycles. The van der Waals surface area contributed by atoms with Gasteiger partial charge in [0.25, 0.3) is 0 Å². The maximum Gasteiger partial charge on any atom is -0.00714 e. The zero-order valence-electron chi connectivity index (χ0n) is 9.79. The summed E-state index contributed by atoms with van der Waals surface area (Å²) >= 11 is 0. The highest BCUT2D eigenvalue weighted by molar-refractivity contribution is 5.36. The molecule has 0 heterocycles. The van der Waals surface area contributed by atoms with Gasteiger partial charge in [-0.15, -0.1) is 0 Å². The van der Waals surface area contributed by atoms with Crippen LogP contribution >= 0.6 is 0 Å². The molecule has 1 nitrogen and oxygen atoms in total. The van der Waals surface area contributed by atoms with Crippen molar-refractivity contribution in [3.8, 4) is 0 Å². The van der Waals surface area contributed by atoms with E-state index in [1.165, 1.54) is 18.4 Å². The van der Waals surface area contributed by atoms with Crippen molar-refractivity contribution in [3.05, 3.63) is 34.9 Å². The van der Waals surface area contributed by atoms with E-state index in [4.69, 9.17) is 5.73 Å². The Morgan fingerprint density at radius 2 is 2.20 bits per heavy atom. The normalized spacial score (nSPS) is 25.0. The van der Waals surface area contributed by atoms with Gasteiger partial charge in [0.1, 0.15) is 0 Å². The Balaban J connectivity index is 2.34. The molecule has 0 amide bonds. The molecule has 1 aliphatic rings. The highest BCUT2D eigenvalue weighted by Gasteiger charge is 2.23. The van der Waals surface area contributed by atoms with E-state index in [1.807, 2.05) is 0 Å². The standard InChI is InChI=1S/C14H21N/c1-10-3-4-12-7-11(2)8-13(5-6-15)14(12)9-10/h3-4,9,11,13H,5-8,15H2,1-2H3. The second-order valence-corrected chi connectivity index (χ2v) is 5.02. The molecule has 0 saturated carbocycles. The largest absolute Gasteiger partial charge is 0.330 e. The quantitative estimate of drug-likeness (QED) is 0.785. The molecule has 0 bridgehead atoms. The first kappa shape index (κ1) is 10.7. The fourth-order valence-corrected chi connectivity index (χ4v) is 2.83. The fraction of sp³-hybridized carbons (Fsp3) is 0.571. The molecular formula is C14H21N. The molecule has 1 heteroatoms. The summed E-state index contributed by atoms with van der Waals surface area (Å²) in [4.78, 5) is 0. The summed E-state index contributed by atoms with van der Waals surface area (Å²) in [7, 11) is 0. The summed E-state index contributed by atoms with van der Waals surface area (Å²) in [6, 6.07) is 6.90. The van der Waals surface area contributed by atoms with Gasteiger partial charge in [-0.3, -0.25) is 0 Å². The van der Waals surface area contributed by atoms with Crippen LogP contribution in [0.5, 0.6) is 0 Å². The summed E-state index contributed by atoms with van der Waals surface area (Å²) in [5.74, 6) is 1.52. The smallest absolute Gasteiger partial charge is 0.00714 e. The molecule has 0 spiro atoms. The first-order valence-corrected chi connectivity index (χ1v) is 6.00. The van der Waals surface area contributed by atoms with Gasteiger partial charge in [-0.1, -0.05) is 30.7 Å². The van der Waals surface area contributed by atoms with E-state index in [2.05, 4.69) is 32.0 Å². The Morgan fingerprint density at radius 3 is 2.93 bits per heavy atom. The minimum atomic E-state index is 0.702. The molecule has 2 unspecified atom stereocenters. The van der Waals surface area contributed by atoms with Gasteiger partial charge in [0.05, 0.1) is 0 Å². The van der Waals surface area contributed by atoms with Crippen molar-refractivity contribution in [2.75, 3.05) is 6.54 Å². The SMILES string of the molecule is Cc1ccc2c(c1)C(CCN)CC(C)C2. The molecule has 82 valence electrons. The van der Waals surface area contributed by atoms with Crippen LogP contribution < -0.4 is 5.73 Å². The van der Waals surface area contributed by atoms with Crippen molar-refractivity contribution < 1.29 is 0 Å². The Hall–Kier alpha value is -0.820. The van der Waals surface area contributed by atoms with Crippen molar-refractivity contribution in [1.29, 1.82) is 0 Å². The monoisotopic (exact) mass is 203 g/mol. The van der Waals surface area contributed by atoms with Gasteiger partial charge < -0.3 is 5.73 Å². The molecule has 1 aliphatic carbocycles. The van der Waals surface area contributed by atoms with E-state index in [-0.39, 0.29) is 0 Å². The third-order valence-corrected chi connectivity index (χ3v) is 3.51.